The van der Waals surface area contributed by atoms with Gasteiger partial charge in [-0.1, -0.05) is 19.0 Å². The van der Waals surface area contributed by atoms with Crippen molar-refractivity contribution in [3.8, 4) is 0 Å². The number of rotatable bonds is 2. The third kappa shape index (κ3) is 4.72. The number of hydrogen-bond acceptors (Lipinski definition) is 5. The van der Waals surface area contributed by atoms with Crippen molar-refractivity contribution in [2.45, 2.75) is 52.6 Å². The van der Waals surface area contributed by atoms with E-state index in [1.54, 1.807) is 15.9 Å². The summed E-state index contributed by atoms with van der Waals surface area (Å²) in [5.74, 6) is 0.728. The lowest BCUT2D eigenvalue weighted by atomic mass is 10.1. The second kappa shape index (κ2) is 7.23. The van der Waals surface area contributed by atoms with E-state index in [9.17, 15) is 9.59 Å². The second-order valence-electron chi connectivity index (χ2n) is 7.38. The van der Waals surface area contributed by atoms with E-state index in [0.29, 0.717) is 44.1 Å². The topological polar surface area (TPSA) is 75.9 Å². The van der Waals surface area contributed by atoms with Crippen LogP contribution in [0.25, 0.3) is 0 Å². The molecule has 1 fully saturated rings. The van der Waals surface area contributed by atoms with Gasteiger partial charge in [0, 0.05) is 38.2 Å². The molecule has 0 bridgehead atoms. The maximum atomic E-state index is 12.6. The zero-order chi connectivity index (χ0) is 17.9. The molecule has 0 aliphatic carbocycles. The average molecular weight is 337 g/mol. The Balaban J connectivity index is 1.97. The first kappa shape index (κ1) is 18.3. The molecule has 2 amide bonds. The van der Waals surface area contributed by atoms with Crippen molar-refractivity contribution in [2.24, 2.45) is 0 Å². The number of aromatic nitrogens is 1. The van der Waals surface area contributed by atoms with Gasteiger partial charge in [-0.15, -0.1) is 0 Å². The lowest BCUT2D eigenvalue weighted by molar-refractivity contribution is 0.0255. The van der Waals surface area contributed by atoms with E-state index < -0.39 is 5.60 Å². The third-order valence-electron chi connectivity index (χ3n) is 3.75. The van der Waals surface area contributed by atoms with Crippen LogP contribution in [0.2, 0.25) is 0 Å². The highest BCUT2D eigenvalue weighted by atomic mass is 16.6. The van der Waals surface area contributed by atoms with Crippen LogP contribution in [-0.2, 0) is 4.74 Å². The Morgan fingerprint density at radius 3 is 2.38 bits per heavy atom. The van der Waals surface area contributed by atoms with Crippen LogP contribution in [0.3, 0.4) is 0 Å². The zero-order valence-electron chi connectivity index (χ0n) is 15.2. The van der Waals surface area contributed by atoms with Crippen molar-refractivity contribution >= 4 is 12.0 Å². The lowest BCUT2D eigenvalue weighted by Crippen LogP contribution is -2.40. The molecule has 0 radical (unpaired) electrons. The quantitative estimate of drug-likeness (QED) is 0.829. The second-order valence-corrected chi connectivity index (χ2v) is 7.38. The molecule has 1 aliphatic heterocycles. The lowest BCUT2D eigenvalue weighted by Gasteiger charge is -2.26. The molecule has 1 aromatic heterocycles. The highest BCUT2D eigenvalue weighted by Gasteiger charge is 2.27. The minimum Gasteiger partial charge on any atom is -0.444 e. The normalized spacial score (nSPS) is 16.2. The minimum absolute atomic E-state index is 0.156. The molecule has 1 aliphatic rings. The Labute approximate surface area is 142 Å². The molecule has 0 aromatic carbocycles. The summed E-state index contributed by atoms with van der Waals surface area (Å²) in [7, 11) is 0. The van der Waals surface area contributed by atoms with E-state index in [4.69, 9.17) is 9.26 Å². The van der Waals surface area contributed by atoms with Crippen molar-refractivity contribution in [1.29, 1.82) is 0 Å². The summed E-state index contributed by atoms with van der Waals surface area (Å²) < 4.78 is 10.6. The summed E-state index contributed by atoms with van der Waals surface area (Å²) in [5, 5.41) is 3.87. The van der Waals surface area contributed by atoms with Gasteiger partial charge in [0.05, 0.1) is 0 Å². The first-order chi connectivity index (χ1) is 11.2. The summed E-state index contributed by atoms with van der Waals surface area (Å²) in [5.41, 5.74) is -0.197. The molecule has 2 heterocycles. The molecule has 24 heavy (non-hydrogen) atoms. The van der Waals surface area contributed by atoms with Crippen LogP contribution in [0.4, 0.5) is 4.79 Å². The fourth-order valence-electron chi connectivity index (χ4n) is 2.45. The predicted molar refractivity (Wildman–Crippen MR) is 88.9 cm³/mol. The molecule has 0 spiro atoms. The molecule has 2 rings (SSSR count). The zero-order valence-corrected chi connectivity index (χ0v) is 15.2. The maximum Gasteiger partial charge on any atom is 0.410 e. The van der Waals surface area contributed by atoms with Gasteiger partial charge in [0.15, 0.2) is 5.69 Å². The van der Waals surface area contributed by atoms with Crippen LogP contribution >= 0.6 is 0 Å². The van der Waals surface area contributed by atoms with Gasteiger partial charge in [-0.05, 0) is 27.2 Å². The van der Waals surface area contributed by atoms with Crippen molar-refractivity contribution in [2.75, 3.05) is 26.2 Å². The largest absolute Gasteiger partial charge is 0.444 e. The smallest absolute Gasteiger partial charge is 0.410 e. The standard InChI is InChI=1S/C17H27N3O4/c1-12(2)14-11-13(18-24-14)15(21)19-7-6-8-20(10-9-19)16(22)23-17(3,4)5/h11-12H,6-10H2,1-5H3. The van der Waals surface area contributed by atoms with Gasteiger partial charge >= 0.3 is 6.09 Å². The Morgan fingerprint density at radius 1 is 1.17 bits per heavy atom. The van der Waals surface area contributed by atoms with Crippen LogP contribution < -0.4 is 0 Å². The third-order valence-corrected chi connectivity index (χ3v) is 3.75. The highest BCUT2D eigenvalue weighted by Crippen LogP contribution is 2.17. The van der Waals surface area contributed by atoms with Crippen LogP contribution in [-0.4, -0.2) is 58.7 Å². The Kier molecular flexibility index (Phi) is 5.51. The van der Waals surface area contributed by atoms with Crippen LogP contribution in [0.1, 0.15) is 63.2 Å². The van der Waals surface area contributed by atoms with Gasteiger partial charge in [0.1, 0.15) is 11.4 Å². The summed E-state index contributed by atoms with van der Waals surface area (Å²) in [4.78, 5) is 28.1. The van der Waals surface area contributed by atoms with E-state index in [0.717, 1.165) is 0 Å². The average Bonchev–Trinajstić information content (AvgIpc) is 2.83. The number of carbonyl (C=O) groups excluding carboxylic acids is 2. The minimum atomic E-state index is -0.521. The maximum absolute atomic E-state index is 12.6. The number of amides is 2. The van der Waals surface area contributed by atoms with Gasteiger partial charge in [-0.2, -0.15) is 0 Å². The molecule has 1 aromatic rings. The van der Waals surface area contributed by atoms with Gasteiger partial charge < -0.3 is 19.1 Å². The van der Waals surface area contributed by atoms with Crippen LogP contribution in [0.15, 0.2) is 10.6 Å². The highest BCUT2D eigenvalue weighted by molar-refractivity contribution is 5.92. The number of carbonyl (C=O) groups is 2. The van der Waals surface area contributed by atoms with Crippen LogP contribution in [0, 0.1) is 0 Å². The monoisotopic (exact) mass is 337 g/mol. The molecule has 0 atom stereocenters. The Morgan fingerprint density at radius 2 is 1.79 bits per heavy atom. The van der Waals surface area contributed by atoms with Gasteiger partial charge in [-0.25, -0.2) is 4.79 Å². The molecule has 0 saturated carbocycles. The van der Waals surface area contributed by atoms with Crippen molar-refractivity contribution < 1.29 is 18.8 Å². The van der Waals surface area contributed by atoms with E-state index >= 15 is 0 Å². The predicted octanol–water partition coefficient (Wildman–Crippen LogP) is 2.88. The summed E-state index contributed by atoms with van der Waals surface area (Å²) in [6.45, 7) is 11.6. The molecule has 0 N–H and O–H groups in total. The van der Waals surface area contributed by atoms with Crippen LogP contribution in [0.5, 0.6) is 0 Å². The number of hydrogen-bond donors (Lipinski definition) is 0. The summed E-state index contributed by atoms with van der Waals surface area (Å²) in [6.07, 6.45) is 0.375. The Bertz CT molecular complexity index is 589. The molecule has 134 valence electrons. The first-order valence-corrected chi connectivity index (χ1v) is 8.41. The summed E-state index contributed by atoms with van der Waals surface area (Å²) >= 11 is 0. The van der Waals surface area contributed by atoms with E-state index in [1.807, 2.05) is 34.6 Å². The van der Waals surface area contributed by atoms with E-state index in [1.165, 1.54) is 0 Å². The van der Waals surface area contributed by atoms with Gasteiger partial charge in [0.2, 0.25) is 0 Å². The van der Waals surface area contributed by atoms with Crippen molar-refractivity contribution in [3.63, 3.8) is 0 Å². The fourth-order valence-corrected chi connectivity index (χ4v) is 2.45. The number of nitrogens with zero attached hydrogens (tertiary/aromatic N) is 3. The van der Waals surface area contributed by atoms with E-state index in [2.05, 4.69) is 5.16 Å². The Hall–Kier alpha value is -2.05. The molecular formula is C17H27N3O4. The fraction of sp³-hybridized carbons (Fsp3) is 0.706. The van der Waals surface area contributed by atoms with Gasteiger partial charge in [0.25, 0.3) is 5.91 Å². The molecule has 7 nitrogen and oxygen atoms in total. The molecule has 7 heteroatoms. The molecule has 1 saturated heterocycles. The molecular weight excluding hydrogens is 310 g/mol. The van der Waals surface area contributed by atoms with Gasteiger partial charge in [-0.3, -0.25) is 4.79 Å². The number of ether oxygens (including phenoxy) is 1. The summed E-state index contributed by atoms with van der Waals surface area (Å²) in [6, 6.07) is 1.70. The van der Waals surface area contributed by atoms with Crippen molar-refractivity contribution in [1.82, 2.24) is 15.0 Å². The molecule has 0 unspecified atom stereocenters. The first-order valence-electron chi connectivity index (χ1n) is 8.41. The van der Waals surface area contributed by atoms with E-state index in [-0.39, 0.29) is 17.9 Å². The van der Waals surface area contributed by atoms with Crippen molar-refractivity contribution in [3.05, 3.63) is 17.5 Å². The SMILES string of the molecule is CC(C)c1cc(C(=O)N2CCCN(C(=O)OC(C)(C)C)CC2)no1.